The average molecular weight is 260 g/mol. The van der Waals surface area contributed by atoms with Crippen molar-refractivity contribution in [2.24, 2.45) is 0 Å². The van der Waals surface area contributed by atoms with Gasteiger partial charge in [-0.3, -0.25) is 14.7 Å². The Kier molecular flexibility index (Phi) is 2.83. The molecule has 0 saturated heterocycles. The summed E-state index contributed by atoms with van der Waals surface area (Å²) in [4.78, 5) is 28.2. The number of hydrogen-bond donors (Lipinski definition) is 3. The highest BCUT2D eigenvalue weighted by molar-refractivity contribution is 5.27. The van der Waals surface area contributed by atoms with Crippen molar-refractivity contribution in [3.05, 3.63) is 39.3 Å². The van der Waals surface area contributed by atoms with Gasteiger partial charge in [0, 0.05) is 31.7 Å². The van der Waals surface area contributed by atoms with Gasteiger partial charge in [-0.15, -0.1) is 0 Å². The van der Waals surface area contributed by atoms with Crippen LogP contribution in [-0.2, 0) is 19.5 Å². The summed E-state index contributed by atoms with van der Waals surface area (Å²) >= 11 is 0. The fourth-order valence-electron chi connectivity index (χ4n) is 2.39. The van der Waals surface area contributed by atoms with Gasteiger partial charge in [-0.2, -0.15) is 0 Å². The van der Waals surface area contributed by atoms with Crippen LogP contribution in [0.25, 0.3) is 0 Å². The van der Waals surface area contributed by atoms with E-state index in [0.29, 0.717) is 12.1 Å². The number of nitrogen functional groups attached to an aromatic ring is 1. The van der Waals surface area contributed by atoms with Crippen molar-refractivity contribution >= 4 is 5.95 Å². The molecule has 0 bridgehead atoms. The number of fused-ring (bicyclic) bond motifs is 1. The second-order valence-corrected chi connectivity index (χ2v) is 4.81. The summed E-state index contributed by atoms with van der Waals surface area (Å²) < 4.78 is 0. The maximum Gasteiger partial charge on any atom is 0.257 e. The van der Waals surface area contributed by atoms with Crippen LogP contribution in [0.5, 0.6) is 0 Å². The third-order valence-electron chi connectivity index (χ3n) is 3.47. The Labute approximate surface area is 109 Å². The summed E-state index contributed by atoms with van der Waals surface area (Å²) in [5, 5.41) is 0. The summed E-state index contributed by atoms with van der Waals surface area (Å²) in [6.07, 6.45) is 2.44. The molecule has 2 aromatic heterocycles. The molecule has 3 rings (SSSR count). The first-order valence-corrected chi connectivity index (χ1v) is 6.22. The van der Waals surface area contributed by atoms with Crippen LogP contribution < -0.4 is 11.3 Å². The van der Waals surface area contributed by atoms with Crippen LogP contribution in [0.4, 0.5) is 5.95 Å². The molecule has 1 aliphatic heterocycles. The Balaban J connectivity index is 1.83. The molecule has 0 saturated carbocycles. The molecule has 0 atom stereocenters. The number of rotatable bonds is 2. The zero-order valence-corrected chi connectivity index (χ0v) is 10.7. The highest BCUT2D eigenvalue weighted by Crippen LogP contribution is 2.16. The smallest absolute Gasteiger partial charge is 0.257 e. The third kappa shape index (κ3) is 2.24. The summed E-state index contributed by atoms with van der Waals surface area (Å²) in [5.41, 5.74) is 9.03. The van der Waals surface area contributed by atoms with Crippen LogP contribution >= 0.6 is 0 Å². The molecule has 0 aromatic carbocycles. The number of aromatic nitrogens is 4. The lowest BCUT2D eigenvalue weighted by atomic mass is 10.1. The van der Waals surface area contributed by atoms with Crippen molar-refractivity contribution in [2.45, 2.75) is 26.4 Å². The van der Waals surface area contributed by atoms with Crippen molar-refractivity contribution in [1.29, 1.82) is 0 Å². The Morgan fingerprint density at radius 2 is 2.37 bits per heavy atom. The Bertz CT molecular complexity index is 658. The molecular formula is C12H16N6O. The van der Waals surface area contributed by atoms with Gasteiger partial charge in [-0.05, 0) is 6.92 Å². The largest absolute Gasteiger partial charge is 0.369 e. The molecule has 0 aliphatic carbocycles. The average Bonchev–Trinajstić information content (AvgIpc) is 2.76. The zero-order chi connectivity index (χ0) is 13.4. The van der Waals surface area contributed by atoms with E-state index in [1.165, 1.54) is 0 Å². The molecule has 0 unspecified atom stereocenters. The number of H-pyrrole nitrogens is 2. The first kappa shape index (κ1) is 11.9. The van der Waals surface area contributed by atoms with E-state index >= 15 is 0 Å². The fraction of sp³-hybridized carbons (Fsp3) is 0.417. The molecule has 0 amide bonds. The van der Waals surface area contributed by atoms with Gasteiger partial charge >= 0.3 is 0 Å². The van der Waals surface area contributed by atoms with E-state index in [1.807, 2.05) is 6.92 Å². The minimum atomic E-state index is -0.133. The minimum absolute atomic E-state index is 0.133. The van der Waals surface area contributed by atoms with Gasteiger partial charge in [0.05, 0.1) is 23.3 Å². The van der Waals surface area contributed by atoms with Gasteiger partial charge in [0.15, 0.2) is 0 Å². The number of nitrogens with one attached hydrogen (secondary N) is 2. The van der Waals surface area contributed by atoms with Gasteiger partial charge in [-0.25, -0.2) is 9.97 Å². The molecule has 0 spiro atoms. The number of nitrogens with zero attached hydrogens (tertiary/aromatic N) is 3. The summed E-state index contributed by atoms with van der Waals surface area (Å²) in [6.45, 7) is 4.17. The Morgan fingerprint density at radius 3 is 3.11 bits per heavy atom. The summed E-state index contributed by atoms with van der Waals surface area (Å²) in [5.74, 6) is 0.195. The van der Waals surface area contributed by atoms with Crippen molar-refractivity contribution in [2.75, 3.05) is 12.3 Å². The number of anilines is 1. The quantitative estimate of drug-likeness (QED) is 0.702. The molecule has 2 aromatic rings. The van der Waals surface area contributed by atoms with E-state index in [9.17, 15) is 4.79 Å². The lowest BCUT2D eigenvalue weighted by Gasteiger charge is -2.26. The van der Waals surface area contributed by atoms with Crippen molar-refractivity contribution < 1.29 is 0 Å². The zero-order valence-electron chi connectivity index (χ0n) is 10.7. The van der Waals surface area contributed by atoms with E-state index in [4.69, 9.17) is 5.73 Å². The SMILES string of the molecule is Cc1[nH]cnc1CN1CCc2nc(N)[nH]c(=O)c2C1. The Morgan fingerprint density at radius 1 is 1.53 bits per heavy atom. The van der Waals surface area contributed by atoms with Crippen LogP contribution in [0.15, 0.2) is 11.1 Å². The van der Waals surface area contributed by atoms with E-state index in [1.54, 1.807) is 6.33 Å². The number of hydrogen-bond acceptors (Lipinski definition) is 5. The lowest BCUT2D eigenvalue weighted by molar-refractivity contribution is 0.239. The molecular weight excluding hydrogens is 244 g/mol. The monoisotopic (exact) mass is 260 g/mol. The maximum atomic E-state index is 11.9. The van der Waals surface area contributed by atoms with Gasteiger partial charge in [0.2, 0.25) is 5.95 Å². The van der Waals surface area contributed by atoms with Crippen LogP contribution in [0.3, 0.4) is 0 Å². The number of aromatic amines is 2. The first-order chi connectivity index (χ1) is 9.13. The molecule has 100 valence electrons. The first-order valence-electron chi connectivity index (χ1n) is 6.22. The van der Waals surface area contributed by atoms with Crippen LogP contribution in [0.1, 0.15) is 22.6 Å². The highest BCUT2D eigenvalue weighted by atomic mass is 16.1. The molecule has 19 heavy (non-hydrogen) atoms. The van der Waals surface area contributed by atoms with E-state index in [-0.39, 0.29) is 11.5 Å². The number of nitrogens with two attached hydrogens (primary N) is 1. The normalized spacial score (nSPS) is 15.4. The van der Waals surface area contributed by atoms with Crippen LogP contribution in [-0.4, -0.2) is 31.4 Å². The van der Waals surface area contributed by atoms with Gasteiger partial charge in [-0.1, -0.05) is 0 Å². The maximum absolute atomic E-state index is 11.9. The molecule has 7 nitrogen and oxygen atoms in total. The van der Waals surface area contributed by atoms with Crippen molar-refractivity contribution in [3.63, 3.8) is 0 Å². The number of aryl methyl sites for hydroxylation is 1. The standard InChI is InChI=1S/C12H16N6O/c1-7-10(15-6-14-7)5-18-3-2-9-8(4-18)11(19)17-12(13)16-9/h6H,2-5H2,1H3,(H,14,15)(H3,13,16,17,19). The summed E-state index contributed by atoms with van der Waals surface area (Å²) in [7, 11) is 0. The predicted octanol–water partition coefficient (Wildman–Crippen LogP) is -0.0581. The molecule has 1 aliphatic rings. The van der Waals surface area contributed by atoms with E-state index < -0.39 is 0 Å². The van der Waals surface area contributed by atoms with Crippen LogP contribution in [0, 0.1) is 6.92 Å². The third-order valence-corrected chi connectivity index (χ3v) is 3.47. The molecule has 3 heterocycles. The molecule has 0 radical (unpaired) electrons. The van der Waals surface area contributed by atoms with Gasteiger partial charge in [0.25, 0.3) is 5.56 Å². The lowest BCUT2D eigenvalue weighted by Crippen LogP contribution is -2.35. The fourth-order valence-corrected chi connectivity index (χ4v) is 2.39. The van der Waals surface area contributed by atoms with Crippen molar-refractivity contribution in [3.8, 4) is 0 Å². The minimum Gasteiger partial charge on any atom is -0.369 e. The number of imidazole rings is 1. The highest BCUT2D eigenvalue weighted by Gasteiger charge is 2.21. The summed E-state index contributed by atoms with van der Waals surface area (Å²) in [6, 6.07) is 0. The van der Waals surface area contributed by atoms with Crippen molar-refractivity contribution in [1.82, 2.24) is 24.8 Å². The van der Waals surface area contributed by atoms with E-state index in [2.05, 4.69) is 24.8 Å². The molecule has 0 fully saturated rings. The Hall–Kier alpha value is -2.15. The van der Waals surface area contributed by atoms with E-state index in [0.717, 1.165) is 36.6 Å². The van der Waals surface area contributed by atoms with Gasteiger partial charge in [0.1, 0.15) is 0 Å². The molecule has 4 N–H and O–H groups in total. The van der Waals surface area contributed by atoms with Gasteiger partial charge < -0.3 is 10.7 Å². The second kappa shape index (κ2) is 4.51. The van der Waals surface area contributed by atoms with Crippen LogP contribution in [0.2, 0.25) is 0 Å². The topological polar surface area (TPSA) is 104 Å². The predicted molar refractivity (Wildman–Crippen MR) is 70.4 cm³/mol. The molecule has 7 heteroatoms. The second-order valence-electron chi connectivity index (χ2n) is 4.81.